The first-order valence-electron chi connectivity index (χ1n) is 11.5. The van der Waals surface area contributed by atoms with E-state index in [2.05, 4.69) is 15.1 Å². The molecule has 11 heteroatoms. The van der Waals surface area contributed by atoms with Crippen LogP contribution in [0.3, 0.4) is 0 Å². The van der Waals surface area contributed by atoms with Crippen molar-refractivity contribution in [2.24, 2.45) is 0 Å². The quantitative estimate of drug-likeness (QED) is 0.389. The normalized spacial score (nSPS) is 19.5. The molecule has 2 aliphatic rings. The molecular weight excluding hydrogens is 466 g/mol. The molecule has 3 rings (SSSR count). The zero-order chi connectivity index (χ0) is 24.0. The Morgan fingerprint density at radius 2 is 1.67 bits per heavy atom. The van der Waals surface area contributed by atoms with Gasteiger partial charge >= 0.3 is 0 Å². The van der Waals surface area contributed by atoms with E-state index in [1.165, 1.54) is 13.4 Å². The summed E-state index contributed by atoms with van der Waals surface area (Å²) in [4.78, 5) is 17.5. The number of ether oxygens (including phenoxy) is 1. The third-order valence-electron chi connectivity index (χ3n) is 6.49. The minimum Gasteiger partial charge on any atom is -0.496 e. The maximum atomic E-state index is 12.7. The maximum absolute atomic E-state index is 12.7. The Kier molecular flexibility index (Phi) is 9.23. The monoisotopic (exact) mass is 501 g/mol. The van der Waals surface area contributed by atoms with Crippen molar-refractivity contribution in [3.8, 4) is 5.75 Å². The van der Waals surface area contributed by atoms with E-state index in [9.17, 15) is 13.2 Å². The molecule has 0 aromatic heterocycles. The Hall–Kier alpha value is -1.59. The van der Waals surface area contributed by atoms with Gasteiger partial charge in [0.2, 0.25) is 10.0 Å². The summed E-state index contributed by atoms with van der Waals surface area (Å²) >= 11 is 6.09. The number of nitrogens with one attached hydrogen (secondary N) is 1. The van der Waals surface area contributed by atoms with E-state index in [0.717, 1.165) is 65.0 Å². The summed E-state index contributed by atoms with van der Waals surface area (Å²) in [5.41, 5.74) is 6.59. The first-order chi connectivity index (χ1) is 15.7. The molecule has 1 aromatic carbocycles. The van der Waals surface area contributed by atoms with Crippen molar-refractivity contribution in [2.45, 2.75) is 31.7 Å². The van der Waals surface area contributed by atoms with Crippen molar-refractivity contribution < 1.29 is 17.9 Å². The molecule has 2 saturated heterocycles. The number of anilines is 1. The number of halogens is 1. The van der Waals surface area contributed by atoms with Crippen molar-refractivity contribution in [1.29, 1.82) is 0 Å². The molecule has 1 aromatic rings. The summed E-state index contributed by atoms with van der Waals surface area (Å²) < 4.78 is 30.0. The first kappa shape index (κ1) is 26.0. The summed E-state index contributed by atoms with van der Waals surface area (Å²) in [6, 6.07) is 3.26. The second kappa shape index (κ2) is 11.7. The summed E-state index contributed by atoms with van der Waals surface area (Å²) in [6.45, 7) is 6.76. The standard InChI is InChI=1S/C22H36ClN5O4S/c1-32-21-16-20(24)19(23)15-18(21)22(29)25-17-5-9-26(10-6-17)7-3-4-8-27-11-13-28(14-12-27)33(2,30)31/h15-17H,3-14,24H2,1-2H3,(H,25,29). The Morgan fingerprint density at radius 3 is 2.21 bits per heavy atom. The predicted octanol–water partition coefficient (Wildman–Crippen LogP) is 1.48. The second-order valence-corrected chi connectivity index (χ2v) is 11.3. The summed E-state index contributed by atoms with van der Waals surface area (Å²) in [5.74, 6) is 0.229. The SMILES string of the molecule is COc1cc(N)c(Cl)cc1C(=O)NC1CCN(CCCCN2CCN(S(C)(=O)=O)CC2)CC1. The lowest BCUT2D eigenvalue weighted by Crippen LogP contribution is -2.48. The predicted molar refractivity (Wildman–Crippen MR) is 131 cm³/mol. The van der Waals surface area contributed by atoms with Gasteiger partial charge in [0.25, 0.3) is 5.91 Å². The van der Waals surface area contributed by atoms with Crippen LogP contribution in [-0.2, 0) is 10.0 Å². The number of nitrogens with two attached hydrogens (primary N) is 1. The molecule has 0 radical (unpaired) electrons. The maximum Gasteiger partial charge on any atom is 0.255 e. The average Bonchev–Trinajstić information content (AvgIpc) is 2.79. The van der Waals surface area contributed by atoms with Gasteiger partial charge in [0.05, 0.1) is 29.6 Å². The summed E-state index contributed by atoms with van der Waals surface area (Å²) in [6.07, 6.45) is 5.31. The van der Waals surface area contributed by atoms with Crippen LogP contribution in [0.25, 0.3) is 0 Å². The Bertz CT molecular complexity index is 914. The number of likely N-dealkylation sites (tertiary alicyclic amines) is 1. The third-order valence-corrected chi connectivity index (χ3v) is 8.12. The van der Waals surface area contributed by atoms with Crippen LogP contribution in [0.1, 0.15) is 36.0 Å². The molecule has 186 valence electrons. The van der Waals surface area contributed by atoms with Crippen LogP contribution in [0.4, 0.5) is 5.69 Å². The third kappa shape index (κ3) is 7.45. The highest BCUT2D eigenvalue weighted by atomic mass is 35.5. The topological polar surface area (TPSA) is 108 Å². The Balaban J connectivity index is 1.33. The van der Waals surface area contributed by atoms with Crippen molar-refractivity contribution in [3.05, 3.63) is 22.7 Å². The van der Waals surface area contributed by atoms with Gasteiger partial charge in [0.15, 0.2) is 0 Å². The second-order valence-electron chi connectivity index (χ2n) is 8.87. The number of carbonyl (C=O) groups is 1. The van der Waals surface area contributed by atoms with E-state index < -0.39 is 10.0 Å². The van der Waals surface area contributed by atoms with Crippen LogP contribution in [0.5, 0.6) is 5.75 Å². The lowest BCUT2D eigenvalue weighted by Gasteiger charge is -2.34. The number of nitrogens with zero attached hydrogens (tertiary/aromatic N) is 3. The number of hydrogen-bond donors (Lipinski definition) is 2. The molecule has 0 bridgehead atoms. The van der Waals surface area contributed by atoms with Crippen LogP contribution >= 0.6 is 11.6 Å². The number of amides is 1. The van der Waals surface area contributed by atoms with Crippen molar-refractivity contribution in [2.75, 3.05) is 71.5 Å². The van der Waals surface area contributed by atoms with E-state index in [1.807, 2.05) is 0 Å². The van der Waals surface area contributed by atoms with E-state index in [4.69, 9.17) is 22.1 Å². The van der Waals surface area contributed by atoms with Gasteiger partial charge in [0.1, 0.15) is 5.75 Å². The molecule has 0 saturated carbocycles. The molecule has 0 spiro atoms. The zero-order valence-electron chi connectivity index (χ0n) is 19.6. The van der Waals surface area contributed by atoms with E-state index in [-0.39, 0.29) is 11.9 Å². The number of rotatable bonds is 9. The van der Waals surface area contributed by atoms with Gasteiger partial charge in [-0.2, -0.15) is 4.31 Å². The largest absolute Gasteiger partial charge is 0.496 e. The minimum atomic E-state index is -3.07. The highest BCUT2D eigenvalue weighted by Gasteiger charge is 2.24. The number of carbonyl (C=O) groups excluding carboxylic acids is 1. The van der Waals surface area contributed by atoms with Gasteiger partial charge in [-0.05, 0) is 44.8 Å². The van der Waals surface area contributed by atoms with E-state index in [0.29, 0.717) is 35.1 Å². The lowest BCUT2D eigenvalue weighted by atomic mass is 10.0. The van der Waals surface area contributed by atoms with Crippen LogP contribution in [0.2, 0.25) is 5.02 Å². The molecule has 1 amide bonds. The van der Waals surface area contributed by atoms with E-state index >= 15 is 0 Å². The molecular formula is C22H36ClN5O4S. The summed E-state index contributed by atoms with van der Waals surface area (Å²) in [5, 5.41) is 3.44. The highest BCUT2D eigenvalue weighted by molar-refractivity contribution is 7.88. The molecule has 0 aliphatic carbocycles. The lowest BCUT2D eigenvalue weighted by molar-refractivity contribution is 0.0907. The van der Waals surface area contributed by atoms with Crippen LogP contribution in [-0.4, -0.2) is 100 Å². The highest BCUT2D eigenvalue weighted by Crippen LogP contribution is 2.29. The van der Waals surface area contributed by atoms with Gasteiger partial charge < -0.3 is 25.6 Å². The van der Waals surface area contributed by atoms with Crippen molar-refractivity contribution in [3.63, 3.8) is 0 Å². The molecule has 2 fully saturated rings. The van der Waals surface area contributed by atoms with Gasteiger partial charge in [-0.25, -0.2) is 8.42 Å². The number of methoxy groups -OCH3 is 1. The number of sulfonamides is 1. The molecule has 2 aliphatic heterocycles. The summed E-state index contributed by atoms with van der Waals surface area (Å²) in [7, 11) is -1.56. The number of hydrogen-bond acceptors (Lipinski definition) is 7. The zero-order valence-corrected chi connectivity index (χ0v) is 21.1. The van der Waals surface area contributed by atoms with E-state index in [1.54, 1.807) is 16.4 Å². The fourth-order valence-electron chi connectivity index (χ4n) is 4.44. The number of piperidine rings is 1. The Labute approximate surface area is 202 Å². The van der Waals surface area contributed by atoms with Crippen LogP contribution in [0, 0.1) is 0 Å². The molecule has 33 heavy (non-hydrogen) atoms. The van der Waals surface area contributed by atoms with Gasteiger partial charge in [-0.1, -0.05) is 11.6 Å². The fraction of sp³-hybridized carbons (Fsp3) is 0.682. The minimum absolute atomic E-state index is 0.126. The van der Waals surface area contributed by atoms with Gasteiger partial charge in [-0.15, -0.1) is 0 Å². The van der Waals surface area contributed by atoms with Crippen LogP contribution in [0.15, 0.2) is 12.1 Å². The number of nitrogen functional groups attached to an aromatic ring is 1. The molecule has 0 atom stereocenters. The molecule has 0 unspecified atom stereocenters. The van der Waals surface area contributed by atoms with Gasteiger partial charge in [0, 0.05) is 51.4 Å². The number of piperazine rings is 1. The van der Waals surface area contributed by atoms with Crippen molar-refractivity contribution in [1.82, 2.24) is 19.4 Å². The van der Waals surface area contributed by atoms with Crippen molar-refractivity contribution >= 4 is 33.2 Å². The molecule has 3 N–H and O–H groups in total. The average molecular weight is 502 g/mol. The Morgan fingerprint density at radius 1 is 1.09 bits per heavy atom. The first-order valence-corrected chi connectivity index (χ1v) is 13.7. The molecule has 2 heterocycles. The number of benzene rings is 1. The fourth-order valence-corrected chi connectivity index (χ4v) is 5.43. The molecule has 9 nitrogen and oxygen atoms in total. The van der Waals surface area contributed by atoms with Gasteiger partial charge in [-0.3, -0.25) is 4.79 Å². The number of unbranched alkanes of at least 4 members (excludes halogenated alkanes) is 1. The van der Waals surface area contributed by atoms with Crippen LogP contribution < -0.4 is 15.8 Å². The smallest absolute Gasteiger partial charge is 0.255 e.